The van der Waals surface area contributed by atoms with Crippen molar-refractivity contribution in [3.05, 3.63) is 45.9 Å². The Morgan fingerprint density at radius 3 is 2.79 bits per heavy atom. The highest BCUT2D eigenvalue weighted by Gasteiger charge is 2.07. The number of amides is 2. The molecule has 0 aliphatic carbocycles. The van der Waals surface area contributed by atoms with E-state index in [1.165, 1.54) is 24.3 Å². The van der Waals surface area contributed by atoms with Crippen LogP contribution in [0.3, 0.4) is 0 Å². The average Bonchev–Trinajstić information content (AvgIpc) is 3.09. The maximum absolute atomic E-state index is 12.0. The van der Waals surface area contributed by atoms with Gasteiger partial charge < -0.3 is 15.1 Å². The minimum Gasteiger partial charge on any atom is -0.451 e. The van der Waals surface area contributed by atoms with Crippen LogP contribution in [0.1, 0.15) is 12.7 Å². The molecule has 3 aromatic rings. The van der Waals surface area contributed by atoms with Crippen LogP contribution in [0.2, 0.25) is 0 Å². The van der Waals surface area contributed by atoms with E-state index in [9.17, 15) is 9.59 Å². The summed E-state index contributed by atoms with van der Waals surface area (Å²) >= 11 is 3.41. The number of furan rings is 1. The van der Waals surface area contributed by atoms with E-state index in [1.807, 2.05) is 12.1 Å². The summed E-state index contributed by atoms with van der Waals surface area (Å²) in [6.45, 7) is 1.43. The molecule has 0 radical (unpaired) electrons. The number of carbonyl (C=O) groups excluding carboxylic acids is 2. The zero-order valence-electron chi connectivity index (χ0n) is 12.5. The van der Waals surface area contributed by atoms with Crippen molar-refractivity contribution in [3.8, 4) is 0 Å². The third-order valence-electron chi connectivity index (χ3n) is 2.93. The molecule has 0 aliphatic heterocycles. The fourth-order valence-corrected chi connectivity index (χ4v) is 3.35. The zero-order chi connectivity index (χ0) is 17.1. The maximum atomic E-state index is 12.0. The molecule has 24 heavy (non-hydrogen) atoms. The van der Waals surface area contributed by atoms with Gasteiger partial charge in [-0.05, 0) is 59.0 Å². The number of carbonyl (C=O) groups is 2. The molecular formula is C16H12IN3O3S. The van der Waals surface area contributed by atoms with Crippen molar-refractivity contribution in [2.45, 2.75) is 6.92 Å². The Morgan fingerprint density at radius 2 is 2.08 bits per heavy atom. The first kappa shape index (κ1) is 16.7. The van der Waals surface area contributed by atoms with Crippen LogP contribution < -0.4 is 10.6 Å². The molecule has 0 bridgehead atoms. The van der Waals surface area contributed by atoms with E-state index >= 15 is 0 Å². The molecule has 0 spiro atoms. The van der Waals surface area contributed by atoms with Crippen LogP contribution in [0, 0.1) is 3.77 Å². The molecule has 3 rings (SSSR count). The fraction of sp³-hybridized carbons (Fsp3) is 0.0625. The van der Waals surface area contributed by atoms with Crippen LogP contribution in [0.15, 0.2) is 40.8 Å². The van der Waals surface area contributed by atoms with Gasteiger partial charge in [0.05, 0.1) is 10.2 Å². The monoisotopic (exact) mass is 453 g/mol. The van der Waals surface area contributed by atoms with Crippen molar-refractivity contribution < 1.29 is 14.0 Å². The van der Waals surface area contributed by atoms with Crippen LogP contribution in [0.5, 0.6) is 0 Å². The van der Waals surface area contributed by atoms with E-state index in [0.29, 0.717) is 16.6 Å². The first-order chi connectivity index (χ1) is 11.5. The van der Waals surface area contributed by atoms with Crippen molar-refractivity contribution in [3.63, 3.8) is 0 Å². The number of thiazole rings is 1. The number of benzene rings is 1. The third kappa shape index (κ3) is 4.20. The molecule has 0 saturated heterocycles. The van der Waals surface area contributed by atoms with Gasteiger partial charge in [-0.25, -0.2) is 4.98 Å². The number of aromatic nitrogens is 1. The van der Waals surface area contributed by atoms with E-state index in [4.69, 9.17) is 4.42 Å². The van der Waals surface area contributed by atoms with E-state index < -0.39 is 0 Å². The minimum atomic E-state index is -0.257. The van der Waals surface area contributed by atoms with Crippen LogP contribution in [0.25, 0.3) is 16.3 Å². The topological polar surface area (TPSA) is 84.2 Å². The summed E-state index contributed by atoms with van der Waals surface area (Å²) in [5.74, 6) is 0.195. The highest BCUT2D eigenvalue weighted by Crippen LogP contribution is 2.28. The minimum absolute atomic E-state index is 0.166. The Labute approximate surface area is 155 Å². The number of hydrogen-bond acceptors (Lipinski definition) is 5. The summed E-state index contributed by atoms with van der Waals surface area (Å²) in [5.41, 5.74) is 1.42. The standard InChI is InChI=1S/C16H12IN3O3S/c1-9(21)18-16-20-12-5-2-10(8-13(12)24-16)19-15(22)7-4-11-3-6-14(17)23-11/h2-8H,1H3,(H,19,22)(H,18,20,21)/b7-4+. The second-order valence-electron chi connectivity index (χ2n) is 4.85. The highest BCUT2D eigenvalue weighted by atomic mass is 127. The van der Waals surface area contributed by atoms with Crippen molar-refractivity contribution in [2.24, 2.45) is 0 Å². The van der Waals surface area contributed by atoms with Gasteiger partial charge in [-0.1, -0.05) is 11.3 Å². The first-order valence-electron chi connectivity index (χ1n) is 6.92. The Hall–Kier alpha value is -2.20. The molecule has 6 nitrogen and oxygen atoms in total. The predicted octanol–water partition coefficient (Wildman–Crippen LogP) is 4.10. The van der Waals surface area contributed by atoms with Crippen molar-refractivity contribution >= 4 is 72.9 Å². The lowest BCUT2D eigenvalue weighted by atomic mass is 10.3. The normalized spacial score (nSPS) is 11.1. The molecule has 2 aromatic heterocycles. The molecule has 8 heteroatoms. The molecule has 0 atom stereocenters. The SMILES string of the molecule is CC(=O)Nc1nc2ccc(NC(=O)/C=C/c3ccc(I)o3)cc2s1. The molecule has 0 fully saturated rings. The second kappa shape index (κ2) is 7.14. The van der Waals surface area contributed by atoms with Gasteiger partial charge in [0.15, 0.2) is 8.90 Å². The lowest BCUT2D eigenvalue weighted by Crippen LogP contribution is -2.07. The van der Waals surface area contributed by atoms with Crippen LogP contribution in [0.4, 0.5) is 10.8 Å². The van der Waals surface area contributed by atoms with Gasteiger partial charge >= 0.3 is 0 Å². The van der Waals surface area contributed by atoms with Gasteiger partial charge in [-0.2, -0.15) is 0 Å². The Morgan fingerprint density at radius 1 is 1.25 bits per heavy atom. The number of nitrogens with one attached hydrogen (secondary N) is 2. The Bertz CT molecular complexity index is 945. The molecule has 0 unspecified atom stereocenters. The van der Waals surface area contributed by atoms with Crippen LogP contribution >= 0.6 is 33.9 Å². The predicted molar refractivity (Wildman–Crippen MR) is 103 cm³/mol. The Balaban J connectivity index is 1.71. The number of fused-ring (bicyclic) bond motifs is 1. The molecular weight excluding hydrogens is 441 g/mol. The smallest absolute Gasteiger partial charge is 0.248 e. The van der Waals surface area contributed by atoms with Gasteiger partial charge in [-0.15, -0.1) is 0 Å². The summed E-state index contributed by atoms with van der Waals surface area (Å²) in [4.78, 5) is 27.3. The number of hydrogen-bond donors (Lipinski definition) is 2. The lowest BCUT2D eigenvalue weighted by Gasteiger charge is -2.01. The summed E-state index contributed by atoms with van der Waals surface area (Å²) in [6, 6.07) is 8.99. The number of anilines is 2. The van der Waals surface area contributed by atoms with Gasteiger partial charge in [0.25, 0.3) is 0 Å². The Kier molecular flexibility index (Phi) is 4.95. The summed E-state index contributed by atoms with van der Waals surface area (Å²) < 4.78 is 6.99. The fourth-order valence-electron chi connectivity index (χ4n) is 1.97. The lowest BCUT2D eigenvalue weighted by molar-refractivity contribution is -0.114. The molecule has 2 heterocycles. The zero-order valence-corrected chi connectivity index (χ0v) is 15.5. The van der Waals surface area contributed by atoms with E-state index in [1.54, 1.807) is 24.3 Å². The molecule has 122 valence electrons. The quantitative estimate of drug-likeness (QED) is 0.460. The van der Waals surface area contributed by atoms with Gasteiger partial charge in [-0.3, -0.25) is 9.59 Å². The molecule has 1 aromatic carbocycles. The van der Waals surface area contributed by atoms with Crippen LogP contribution in [-0.4, -0.2) is 16.8 Å². The van der Waals surface area contributed by atoms with Crippen molar-refractivity contribution in [2.75, 3.05) is 10.6 Å². The first-order valence-corrected chi connectivity index (χ1v) is 8.82. The second-order valence-corrected chi connectivity index (χ2v) is 6.94. The average molecular weight is 453 g/mol. The third-order valence-corrected chi connectivity index (χ3v) is 4.45. The van der Waals surface area contributed by atoms with Gasteiger partial charge in [0.1, 0.15) is 5.76 Å². The molecule has 0 aliphatic rings. The number of rotatable bonds is 4. The van der Waals surface area contributed by atoms with E-state index in [2.05, 4.69) is 38.2 Å². The van der Waals surface area contributed by atoms with Gasteiger partial charge in [0.2, 0.25) is 11.8 Å². The largest absolute Gasteiger partial charge is 0.451 e. The summed E-state index contributed by atoms with van der Waals surface area (Å²) in [6.07, 6.45) is 3.02. The van der Waals surface area contributed by atoms with E-state index in [-0.39, 0.29) is 11.8 Å². The van der Waals surface area contributed by atoms with E-state index in [0.717, 1.165) is 14.0 Å². The highest BCUT2D eigenvalue weighted by molar-refractivity contribution is 14.1. The summed E-state index contributed by atoms with van der Waals surface area (Å²) in [7, 11) is 0. The number of halogens is 1. The maximum Gasteiger partial charge on any atom is 0.248 e. The molecule has 2 N–H and O–H groups in total. The van der Waals surface area contributed by atoms with Crippen LogP contribution in [-0.2, 0) is 9.59 Å². The van der Waals surface area contributed by atoms with Crippen molar-refractivity contribution in [1.29, 1.82) is 0 Å². The van der Waals surface area contributed by atoms with Crippen molar-refractivity contribution in [1.82, 2.24) is 4.98 Å². The van der Waals surface area contributed by atoms with Gasteiger partial charge in [0, 0.05) is 18.7 Å². The molecule has 0 saturated carbocycles. The summed E-state index contributed by atoms with van der Waals surface area (Å²) in [5, 5.41) is 5.97. The number of nitrogens with zero attached hydrogens (tertiary/aromatic N) is 1. The molecule has 2 amide bonds.